The van der Waals surface area contributed by atoms with Gasteiger partial charge in [0.15, 0.2) is 0 Å². The highest BCUT2D eigenvalue weighted by Crippen LogP contribution is 2.14. The number of H-pyrrole nitrogens is 1. The van der Waals surface area contributed by atoms with E-state index in [1.807, 2.05) is 30.5 Å². The predicted octanol–water partition coefficient (Wildman–Crippen LogP) is 2.03. The van der Waals surface area contributed by atoms with Gasteiger partial charge in [0, 0.05) is 29.9 Å². The Labute approximate surface area is 107 Å². The van der Waals surface area contributed by atoms with Crippen LogP contribution in [0, 0.1) is 0 Å². The Hall–Kier alpha value is -1.81. The zero-order valence-electron chi connectivity index (χ0n) is 10.6. The molecule has 4 heteroatoms. The van der Waals surface area contributed by atoms with Gasteiger partial charge in [-0.3, -0.25) is 4.79 Å². The molecule has 1 amide bonds. The second-order valence-corrected chi connectivity index (χ2v) is 4.47. The van der Waals surface area contributed by atoms with Gasteiger partial charge < -0.3 is 16.0 Å². The van der Waals surface area contributed by atoms with Crippen molar-refractivity contribution in [2.45, 2.75) is 25.8 Å². The minimum absolute atomic E-state index is 0.0573. The van der Waals surface area contributed by atoms with E-state index in [1.165, 1.54) is 0 Å². The van der Waals surface area contributed by atoms with Crippen LogP contribution in [0.1, 0.15) is 30.1 Å². The van der Waals surface area contributed by atoms with Crippen LogP contribution in [-0.4, -0.2) is 23.5 Å². The molecule has 0 spiro atoms. The van der Waals surface area contributed by atoms with Crippen LogP contribution >= 0.6 is 0 Å². The van der Waals surface area contributed by atoms with Crippen molar-refractivity contribution in [1.29, 1.82) is 0 Å². The van der Waals surface area contributed by atoms with Crippen molar-refractivity contribution in [2.75, 3.05) is 6.54 Å². The first kappa shape index (κ1) is 12.6. The van der Waals surface area contributed by atoms with Crippen LogP contribution < -0.4 is 11.1 Å². The molecule has 0 saturated carbocycles. The third-order valence-electron chi connectivity index (χ3n) is 3.07. The summed E-state index contributed by atoms with van der Waals surface area (Å²) in [5, 5.41) is 4.07. The van der Waals surface area contributed by atoms with Crippen LogP contribution in [-0.2, 0) is 0 Å². The minimum atomic E-state index is -0.0598. The average molecular weight is 245 g/mol. The standard InChI is InChI=1S/C14H19N3O/c1-2-3-12(9-15)17-14(18)11-5-4-10-6-7-16-13(10)8-11/h4-8,12,16H,2-3,9,15H2,1H3,(H,17,18). The lowest BCUT2D eigenvalue weighted by atomic mass is 10.1. The van der Waals surface area contributed by atoms with Gasteiger partial charge in [-0.05, 0) is 30.0 Å². The normalized spacial score (nSPS) is 12.6. The molecular formula is C14H19N3O. The Morgan fingerprint density at radius 2 is 2.28 bits per heavy atom. The van der Waals surface area contributed by atoms with E-state index in [-0.39, 0.29) is 11.9 Å². The fraction of sp³-hybridized carbons (Fsp3) is 0.357. The van der Waals surface area contributed by atoms with Gasteiger partial charge in [-0.2, -0.15) is 0 Å². The SMILES string of the molecule is CCCC(CN)NC(=O)c1ccc2cc[nH]c2c1. The summed E-state index contributed by atoms with van der Waals surface area (Å²) in [5.74, 6) is -0.0598. The summed E-state index contributed by atoms with van der Waals surface area (Å²) in [6, 6.07) is 7.69. The Kier molecular flexibility index (Phi) is 3.99. The zero-order valence-corrected chi connectivity index (χ0v) is 10.6. The summed E-state index contributed by atoms with van der Waals surface area (Å²) >= 11 is 0. The van der Waals surface area contributed by atoms with Crippen LogP contribution in [0.2, 0.25) is 0 Å². The molecule has 2 rings (SSSR count). The van der Waals surface area contributed by atoms with Crippen molar-refractivity contribution < 1.29 is 4.79 Å². The number of hydrogen-bond acceptors (Lipinski definition) is 2. The number of nitrogens with two attached hydrogens (primary N) is 1. The topological polar surface area (TPSA) is 70.9 Å². The third-order valence-corrected chi connectivity index (χ3v) is 3.07. The second-order valence-electron chi connectivity index (χ2n) is 4.47. The summed E-state index contributed by atoms with van der Waals surface area (Å²) in [6.45, 7) is 2.56. The molecule has 1 atom stereocenters. The largest absolute Gasteiger partial charge is 0.361 e. The molecule has 1 aromatic carbocycles. The molecular weight excluding hydrogens is 226 g/mol. The molecule has 1 unspecified atom stereocenters. The lowest BCUT2D eigenvalue weighted by Crippen LogP contribution is -2.40. The van der Waals surface area contributed by atoms with Crippen molar-refractivity contribution in [2.24, 2.45) is 5.73 Å². The fourth-order valence-corrected chi connectivity index (χ4v) is 2.06. The van der Waals surface area contributed by atoms with Gasteiger partial charge in [0.25, 0.3) is 5.91 Å². The highest BCUT2D eigenvalue weighted by atomic mass is 16.1. The smallest absolute Gasteiger partial charge is 0.251 e. The number of aromatic amines is 1. The number of rotatable bonds is 5. The fourth-order valence-electron chi connectivity index (χ4n) is 2.06. The zero-order chi connectivity index (χ0) is 13.0. The number of fused-ring (bicyclic) bond motifs is 1. The lowest BCUT2D eigenvalue weighted by Gasteiger charge is -2.15. The van der Waals surface area contributed by atoms with Crippen molar-refractivity contribution >= 4 is 16.8 Å². The summed E-state index contributed by atoms with van der Waals surface area (Å²) in [4.78, 5) is 15.2. The first-order valence-corrected chi connectivity index (χ1v) is 6.32. The van der Waals surface area contributed by atoms with Gasteiger partial charge in [0.1, 0.15) is 0 Å². The van der Waals surface area contributed by atoms with E-state index in [9.17, 15) is 4.79 Å². The molecule has 4 N–H and O–H groups in total. The molecule has 18 heavy (non-hydrogen) atoms. The van der Waals surface area contributed by atoms with E-state index >= 15 is 0 Å². The highest BCUT2D eigenvalue weighted by molar-refractivity contribution is 5.98. The summed E-state index contributed by atoms with van der Waals surface area (Å²) in [7, 11) is 0. The van der Waals surface area contributed by atoms with Crippen molar-refractivity contribution in [3.8, 4) is 0 Å². The maximum Gasteiger partial charge on any atom is 0.251 e. The van der Waals surface area contributed by atoms with Gasteiger partial charge in [-0.15, -0.1) is 0 Å². The van der Waals surface area contributed by atoms with Gasteiger partial charge in [0.2, 0.25) is 0 Å². The van der Waals surface area contributed by atoms with E-state index in [1.54, 1.807) is 0 Å². The maximum atomic E-state index is 12.1. The van der Waals surface area contributed by atoms with E-state index in [4.69, 9.17) is 5.73 Å². The minimum Gasteiger partial charge on any atom is -0.361 e. The van der Waals surface area contributed by atoms with Gasteiger partial charge >= 0.3 is 0 Å². The molecule has 2 aromatic rings. The predicted molar refractivity (Wildman–Crippen MR) is 73.5 cm³/mol. The van der Waals surface area contributed by atoms with E-state index in [0.717, 1.165) is 23.7 Å². The number of nitrogens with one attached hydrogen (secondary N) is 2. The molecule has 0 bridgehead atoms. The first-order valence-electron chi connectivity index (χ1n) is 6.32. The maximum absolute atomic E-state index is 12.1. The number of hydrogen-bond donors (Lipinski definition) is 3. The lowest BCUT2D eigenvalue weighted by molar-refractivity contribution is 0.0936. The van der Waals surface area contributed by atoms with Crippen LogP contribution in [0.4, 0.5) is 0 Å². The Bertz CT molecular complexity index is 533. The molecule has 1 heterocycles. The van der Waals surface area contributed by atoms with Gasteiger partial charge in [0.05, 0.1) is 0 Å². The number of carbonyl (C=O) groups is 1. The highest BCUT2D eigenvalue weighted by Gasteiger charge is 2.12. The second kappa shape index (κ2) is 5.69. The molecule has 0 saturated heterocycles. The number of aromatic nitrogens is 1. The molecule has 0 aliphatic heterocycles. The first-order chi connectivity index (χ1) is 8.74. The monoisotopic (exact) mass is 245 g/mol. The van der Waals surface area contributed by atoms with Crippen molar-refractivity contribution in [1.82, 2.24) is 10.3 Å². The molecule has 0 radical (unpaired) electrons. The average Bonchev–Trinajstić information content (AvgIpc) is 2.85. The van der Waals surface area contributed by atoms with E-state index in [0.29, 0.717) is 12.1 Å². The summed E-state index contributed by atoms with van der Waals surface area (Å²) in [6.07, 6.45) is 3.79. The van der Waals surface area contributed by atoms with Gasteiger partial charge in [-0.25, -0.2) is 0 Å². The molecule has 1 aromatic heterocycles. The van der Waals surface area contributed by atoms with Crippen molar-refractivity contribution in [3.05, 3.63) is 36.0 Å². The summed E-state index contributed by atoms with van der Waals surface area (Å²) in [5.41, 5.74) is 7.28. The third kappa shape index (κ3) is 2.71. The van der Waals surface area contributed by atoms with Crippen LogP contribution in [0.3, 0.4) is 0 Å². The van der Waals surface area contributed by atoms with Gasteiger partial charge in [-0.1, -0.05) is 19.4 Å². The molecule has 4 nitrogen and oxygen atoms in total. The molecule has 0 aliphatic rings. The Balaban J connectivity index is 2.12. The van der Waals surface area contributed by atoms with Crippen molar-refractivity contribution in [3.63, 3.8) is 0 Å². The quantitative estimate of drug-likeness (QED) is 0.754. The summed E-state index contributed by atoms with van der Waals surface area (Å²) < 4.78 is 0. The number of benzene rings is 1. The van der Waals surface area contributed by atoms with Crippen LogP contribution in [0.15, 0.2) is 30.5 Å². The molecule has 0 fully saturated rings. The number of carbonyl (C=O) groups excluding carboxylic acids is 1. The molecule has 0 aliphatic carbocycles. The van der Waals surface area contributed by atoms with E-state index < -0.39 is 0 Å². The van der Waals surface area contributed by atoms with E-state index in [2.05, 4.69) is 17.2 Å². The number of amides is 1. The van der Waals surface area contributed by atoms with Crippen LogP contribution in [0.25, 0.3) is 10.9 Å². The van der Waals surface area contributed by atoms with Crippen LogP contribution in [0.5, 0.6) is 0 Å². The Morgan fingerprint density at radius 3 is 3.00 bits per heavy atom. The Morgan fingerprint density at radius 1 is 1.44 bits per heavy atom. The molecule has 96 valence electrons.